The van der Waals surface area contributed by atoms with Crippen molar-refractivity contribution in [1.29, 1.82) is 0 Å². The molecule has 4 aromatic rings. The third kappa shape index (κ3) is 8.91. The van der Waals surface area contributed by atoms with Gasteiger partial charge in [0.05, 0.1) is 10.6 Å². The van der Waals surface area contributed by atoms with Gasteiger partial charge in [0.15, 0.2) is 0 Å². The van der Waals surface area contributed by atoms with Crippen LogP contribution in [0.2, 0.25) is 15.1 Å². The zero-order chi connectivity index (χ0) is 34.3. The van der Waals surface area contributed by atoms with Crippen LogP contribution in [0.15, 0.2) is 102 Å². The van der Waals surface area contributed by atoms with E-state index >= 15 is 0 Å². The van der Waals surface area contributed by atoms with Gasteiger partial charge >= 0.3 is 0 Å². The Kier molecular flexibility index (Phi) is 12.1. The number of carbonyl (C=O) groups is 2. The van der Waals surface area contributed by atoms with E-state index in [9.17, 15) is 18.0 Å². The highest BCUT2D eigenvalue weighted by Gasteiger charge is 2.36. The number of benzene rings is 4. The summed E-state index contributed by atoms with van der Waals surface area (Å²) in [5.74, 6) is -0.876. The lowest BCUT2D eigenvalue weighted by molar-refractivity contribution is -0.140. The molecule has 1 atom stereocenters. The lowest BCUT2D eigenvalue weighted by atomic mass is 9.94. The van der Waals surface area contributed by atoms with Crippen molar-refractivity contribution >= 4 is 62.3 Å². The highest BCUT2D eigenvalue weighted by molar-refractivity contribution is 7.92. The van der Waals surface area contributed by atoms with Crippen LogP contribution >= 0.6 is 34.8 Å². The van der Waals surface area contributed by atoms with E-state index in [0.717, 1.165) is 42.0 Å². The van der Waals surface area contributed by atoms with E-state index in [0.29, 0.717) is 31.9 Å². The van der Waals surface area contributed by atoms with Gasteiger partial charge in [-0.2, -0.15) is 0 Å². The molecule has 0 radical (unpaired) electrons. The molecule has 2 amide bonds. The fourth-order valence-corrected chi connectivity index (χ4v) is 8.26. The van der Waals surface area contributed by atoms with Gasteiger partial charge < -0.3 is 10.2 Å². The number of hydrogen-bond acceptors (Lipinski definition) is 4. The molecule has 252 valence electrons. The largest absolute Gasteiger partial charge is 0.352 e. The van der Waals surface area contributed by atoms with Crippen LogP contribution in [0.3, 0.4) is 0 Å². The second kappa shape index (κ2) is 16.2. The van der Waals surface area contributed by atoms with Gasteiger partial charge in [0.2, 0.25) is 11.8 Å². The molecule has 48 heavy (non-hydrogen) atoms. The normalized spacial score (nSPS) is 14.2. The summed E-state index contributed by atoms with van der Waals surface area (Å²) in [6, 6.07) is 26.2. The number of anilines is 1. The molecule has 0 spiro atoms. The molecule has 1 aliphatic carbocycles. The van der Waals surface area contributed by atoms with Crippen molar-refractivity contribution in [2.75, 3.05) is 10.8 Å². The average Bonchev–Trinajstić information content (AvgIpc) is 3.07. The highest BCUT2D eigenvalue weighted by Crippen LogP contribution is 2.30. The van der Waals surface area contributed by atoms with Crippen LogP contribution in [-0.4, -0.2) is 43.8 Å². The molecular weight excluding hydrogens is 689 g/mol. The molecule has 1 aliphatic rings. The molecule has 0 heterocycles. The van der Waals surface area contributed by atoms with Crippen molar-refractivity contribution in [2.24, 2.45) is 0 Å². The monoisotopic (exact) mass is 725 g/mol. The maximum Gasteiger partial charge on any atom is 0.264 e. The Bertz CT molecular complexity index is 1840. The Morgan fingerprint density at radius 1 is 0.833 bits per heavy atom. The summed E-state index contributed by atoms with van der Waals surface area (Å²) < 4.78 is 29.6. The predicted octanol–water partition coefficient (Wildman–Crippen LogP) is 8.24. The maximum atomic E-state index is 14.7. The second-order valence-electron chi connectivity index (χ2n) is 12.1. The number of sulfonamides is 1. The molecule has 0 bridgehead atoms. The van der Waals surface area contributed by atoms with Gasteiger partial charge in [-0.25, -0.2) is 8.42 Å². The van der Waals surface area contributed by atoms with Crippen molar-refractivity contribution in [2.45, 2.75) is 69.0 Å². The van der Waals surface area contributed by atoms with Gasteiger partial charge in [0.1, 0.15) is 12.6 Å². The number of nitrogens with zero attached hydrogens (tertiary/aromatic N) is 2. The molecule has 0 aromatic heterocycles. The van der Waals surface area contributed by atoms with E-state index in [-0.39, 0.29) is 29.8 Å². The zero-order valence-corrected chi connectivity index (χ0v) is 29.7. The summed E-state index contributed by atoms with van der Waals surface area (Å²) in [6.07, 6.45) is 5.09. The molecule has 0 aliphatic heterocycles. The Labute approximate surface area is 297 Å². The van der Waals surface area contributed by atoms with Crippen LogP contribution in [0.25, 0.3) is 0 Å². The summed E-state index contributed by atoms with van der Waals surface area (Å²) in [5.41, 5.74) is 2.28. The fraction of sp³-hybridized carbons (Fsp3) is 0.297. The number of amides is 2. The lowest BCUT2D eigenvalue weighted by Gasteiger charge is -2.35. The third-order valence-corrected chi connectivity index (χ3v) is 11.2. The van der Waals surface area contributed by atoms with Gasteiger partial charge in [0, 0.05) is 34.1 Å². The molecule has 1 saturated carbocycles. The minimum absolute atomic E-state index is 0.00716. The van der Waals surface area contributed by atoms with Gasteiger partial charge in [0.25, 0.3) is 10.0 Å². The minimum atomic E-state index is -4.23. The van der Waals surface area contributed by atoms with Crippen LogP contribution in [-0.2, 0) is 32.6 Å². The number of halogens is 3. The summed E-state index contributed by atoms with van der Waals surface area (Å²) in [5, 5.41) is 4.39. The van der Waals surface area contributed by atoms with Gasteiger partial charge in [-0.1, -0.05) is 109 Å². The van der Waals surface area contributed by atoms with E-state index in [1.807, 2.05) is 30.3 Å². The molecule has 1 unspecified atom stereocenters. The number of carbonyl (C=O) groups excluding carboxylic acids is 2. The van der Waals surface area contributed by atoms with E-state index in [1.54, 1.807) is 61.5 Å². The molecule has 1 N–H and O–H groups in total. The Balaban J connectivity index is 1.59. The molecule has 0 saturated heterocycles. The third-order valence-electron chi connectivity index (χ3n) is 8.62. The van der Waals surface area contributed by atoms with Gasteiger partial charge in [-0.05, 0) is 78.9 Å². The smallest absolute Gasteiger partial charge is 0.264 e. The van der Waals surface area contributed by atoms with Crippen molar-refractivity contribution in [3.63, 3.8) is 0 Å². The van der Waals surface area contributed by atoms with Gasteiger partial charge in [-0.15, -0.1) is 0 Å². The SMILES string of the molecule is Cc1cc(Cl)ccc1N(CC(=O)N(Cc1ccc(Cl)cc1Cl)C(Cc1ccccc1)C(=O)NC1CCCCC1)S(=O)(=O)c1ccccc1. The van der Waals surface area contributed by atoms with Crippen molar-refractivity contribution < 1.29 is 18.0 Å². The first-order valence-electron chi connectivity index (χ1n) is 15.9. The predicted molar refractivity (Wildman–Crippen MR) is 193 cm³/mol. The first kappa shape index (κ1) is 35.7. The van der Waals surface area contributed by atoms with E-state index in [2.05, 4.69) is 5.32 Å². The summed E-state index contributed by atoms with van der Waals surface area (Å²) in [7, 11) is -4.23. The maximum absolute atomic E-state index is 14.7. The Morgan fingerprint density at radius 2 is 1.46 bits per heavy atom. The number of hydrogen-bond donors (Lipinski definition) is 1. The minimum Gasteiger partial charge on any atom is -0.352 e. The molecule has 5 rings (SSSR count). The van der Waals surface area contributed by atoms with Crippen molar-refractivity contribution in [3.8, 4) is 0 Å². The molecule has 4 aromatic carbocycles. The average molecular weight is 727 g/mol. The molecule has 7 nitrogen and oxygen atoms in total. The Hall–Kier alpha value is -3.56. The highest BCUT2D eigenvalue weighted by atomic mass is 35.5. The summed E-state index contributed by atoms with van der Waals surface area (Å²) >= 11 is 19.1. The first-order chi connectivity index (χ1) is 23.0. The van der Waals surface area contributed by atoms with Crippen LogP contribution in [0.4, 0.5) is 5.69 Å². The number of nitrogens with one attached hydrogen (secondary N) is 1. The van der Waals surface area contributed by atoms with Crippen LogP contribution in [0.5, 0.6) is 0 Å². The first-order valence-corrected chi connectivity index (χ1v) is 18.5. The Morgan fingerprint density at radius 3 is 2.10 bits per heavy atom. The van der Waals surface area contributed by atoms with E-state index in [4.69, 9.17) is 34.8 Å². The van der Waals surface area contributed by atoms with Crippen LogP contribution in [0.1, 0.15) is 48.8 Å². The van der Waals surface area contributed by atoms with Crippen molar-refractivity contribution in [3.05, 3.63) is 129 Å². The number of aryl methyl sites for hydroxylation is 1. The van der Waals surface area contributed by atoms with Crippen LogP contribution < -0.4 is 9.62 Å². The molecular formula is C37H38Cl3N3O4S. The summed E-state index contributed by atoms with van der Waals surface area (Å²) in [4.78, 5) is 30.5. The van der Waals surface area contributed by atoms with Gasteiger partial charge in [-0.3, -0.25) is 13.9 Å². The number of rotatable bonds is 12. The quantitative estimate of drug-likeness (QED) is 0.159. The zero-order valence-electron chi connectivity index (χ0n) is 26.6. The fourth-order valence-electron chi connectivity index (χ4n) is 6.06. The topological polar surface area (TPSA) is 86.8 Å². The molecule has 11 heteroatoms. The van der Waals surface area contributed by atoms with E-state index in [1.165, 1.54) is 17.0 Å². The van der Waals surface area contributed by atoms with Crippen molar-refractivity contribution in [1.82, 2.24) is 10.2 Å². The summed E-state index contributed by atoms with van der Waals surface area (Å²) in [6.45, 7) is 1.11. The second-order valence-corrected chi connectivity index (χ2v) is 15.2. The standard InChI is InChI=1S/C37H38Cl3N3O4S/c1-26-21-29(38)19-20-34(26)43(48(46,47)32-15-9-4-10-16-32)25-36(44)42(24-28-17-18-30(39)23-33(28)40)35(22-27-11-5-2-6-12-27)37(45)41-31-13-7-3-8-14-31/h2,4-6,9-12,15-21,23,31,35H,3,7-8,13-14,22,24-25H2,1H3,(H,41,45). The van der Waals surface area contributed by atoms with Crippen LogP contribution in [0, 0.1) is 6.92 Å². The van der Waals surface area contributed by atoms with E-state index < -0.39 is 28.5 Å². The lowest BCUT2D eigenvalue weighted by Crippen LogP contribution is -2.55. The molecule has 1 fully saturated rings.